The van der Waals surface area contributed by atoms with Crippen molar-refractivity contribution in [1.82, 2.24) is 4.90 Å². The van der Waals surface area contributed by atoms with Crippen LogP contribution < -0.4 is 0 Å². The Kier molecular flexibility index (Phi) is 5.99. The summed E-state index contributed by atoms with van der Waals surface area (Å²) in [4.78, 5) is 25.4. The number of hydrogen-bond donors (Lipinski definition) is 1. The standard InChI is InChI=1S/C18H25NO3/c1-14(8-7-11-15-9-3-2-4-10-15)17(20)19-13-6-5-12-16(19)18(21)22/h2-4,9-10,14,16H,5-8,11-13H2,1H3,(H,21,22)/t14?,16-/m1/s1. The summed E-state index contributed by atoms with van der Waals surface area (Å²) >= 11 is 0. The van der Waals surface area contributed by atoms with Crippen LogP contribution in [0.1, 0.15) is 44.6 Å². The highest BCUT2D eigenvalue weighted by Crippen LogP contribution is 2.21. The second-order valence-electron chi connectivity index (χ2n) is 6.16. The Morgan fingerprint density at radius 1 is 1.27 bits per heavy atom. The van der Waals surface area contributed by atoms with Crippen LogP contribution in [0.2, 0.25) is 0 Å². The van der Waals surface area contributed by atoms with Gasteiger partial charge in [0.05, 0.1) is 0 Å². The molecule has 1 aliphatic heterocycles. The minimum absolute atomic E-state index is 0.000150. The molecule has 0 bridgehead atoms. The second-order valence-corrected chi connectivity index (χ2v) is 6.16. The average Bonchev–Trinajstić information content (AvgIpc) is 2.55. The molecule has 0 radical (unpaired) electrons. The maximum atomic E-state index is 12.5. The number of rotatable bonds is 6. The molecule has 1 saturated heterocycles. The van der Waals surface area contributed by atoms with Crippen molar-refractivity contribution in [3.05, 3.63) is 35.9 Å². The lowest BCUT2D eigenvalue weighted by molar-refractivity contribution is -0.153. The van der Waals surface area contributed by atoms with Gasteiger partial charge in [0.25, 0.3) is 0 Å². The van der Waals surface area contributed by atoms with Gasteiger partial charge in [0.1, 0.15) is 6.04 Å². The molecule has 1 unspecified atom stereocenters. The van der Waals surface area contributed by atoms with Crippen molar-refractivity contribution in [3.63, 3.8) is 0 Å². The molecule has 1 aromatic rings. The summed E-state index contributed by atoms with van der Waals surface area (Å²) in [5.41, 5.74) is 1.28. The van der Waals surface area contributed by atoms with Gasteiger partial charge in [-0.05, 0) is 44.1 Å². The highest BCUT2D eigenvalue weighted by molar-refractivity contribution is 5.85. The average molecular weight is 303 g/mol. The normalized spacial score (nSPS) is 19.7. The SMILES string of the molecule is CC(CCCc1ccccc1)C(=O)N1CCCC[C@@H]1C(=O)O. The fourth-order valence-corrected chi connectivity index (χ4v) is 3.12. The van der Waals surface area contributed by atoms with Gasteiger partial charge in [0, 0.05) is 12.5 Å². The monoisotopic (exact) mass is 303 g/mol. The Labute approximate surface area is 132 Å². The number of carbonyl (C=O) groups is 2. The van der Waals surface area contributed by atoms with Crippen LogP contribution >= 0.6 is 0 Å². The lowest BCUT2D eigenvalue weighted by atomic mass is 9.96. The number of carboxylic acids is 1. The lowest BCUT2D eigenvalue weighted by Gasteiger charge is -2.34. The van der Waals surface area contributed by atoms with Crippen LogP contribution in [-0.4, -0.2) is 34.5 Å². The first kappa shape index (κ1) is 16.5. The summed E-state index contributed by atoms with van der Waals surface area (Å²) in [5, 5.41) is 9.27. The van der Waals surface area contributed by atoms with Crippen molar-refractivity contribution < 1.29 is 14.7 Å². The van der Waals surface area contributed by atoms with E-state index in [0.717, 1.165) is 32.1 Å². The van der Waals surface area contributed by atoms with Gasteiger partial charge in [-0.1, -0.05) is 37.3 Å². The van der Waals surface area contributed by atoms with Crippen LogP contribution in [-0.2, 0) is 16.0 Å². The number of benzene rings is 1. The summed E-state index contributed by atoms with van der Waals surface area (Å²) < 4.78 is 0. The van der Waals surface area contributed by atoms with Crippen LogP contribution in [0.3, 0.4) is 0 Å². The highest BCUT2D eigenvalue weighted by atomic mass is 16.4. The van der Waals surface area contributed by atoms with Gasteiger partial charge in [0.15, 0.2) is 0 Å². The molecule has 2 atom stereocenters. The molecule has 1 fully saturated rings. The topological polar surface area (TPSA) is 57.6 Å². The smallest absolute Gasteiger partial charge is 0.326 e. The first-order valence-corrected chi connectivity index (χ1v) is 8.17. The van der Waals surface area contributed by atoms with E-state index in [1.807, 2.05) is 25.1 Å². The zero-order valence-corrected chi connectivity index (χ0v) is 13.2. The molecular formula is C18H25NO3. The van der Waals surface area contributed by atoms with Crippen molar-refractivity contribution in [2.45, 2.75) is 51.5 Å². The van der Waals surface area contributed by atoms with Gasteiger partial charge in [-0.15, -0.1) is 0 Å². The van der Waals surface area contributed by atoms with Gasteiger partial charge in [-0.3, -0.25) is 4.79 Å². The predicted octanol–water partition coefficient (Wildman–Crippen LogP) is 3.11. The molecule has 4 nitrogen and oxygen atoms in total. The largest absolute Gasteiger partial charge is 0.480 e. The molecule has 4 heteroatoms. The van der Waals surface area contributed by atoms with Crippen molar-refractivity contribution in [1.29, 1.82) is 0 Å². The molecule has 1 amide bonds. The van der Waals surface area contributed by atoms with E-state index in [1.165, 1.54) is 5.56 Å². The first-order chi connectivity index (χ1) is 10.6. The number of nitrogens with zero attached hydrogens (tertiary/aromatic N) is 1. The Bertz CT molecular complexity index is 500. The molecule has 1 heterocycles. The minimum Gasteiger partial charge on any atom is -0.480 e. The Hall–Kier alpha value is -1.84. The van der Waals surface area contributed by atoms with Gasteiger partial charge < -0.3 is 10.0 Å². The number of piperidine rings is 1. The summed E-state index contributed by atoms with van der Waals surface area (Å²) in [6, 6.07) is 9.61. The summed E-state index contributed by atoms with van der Waals surface area (Å²) in [7, 11) is 0. The van der Waals surface area contributed by atoms with Crippen molar-refractivity contribution in [2.24, 2.45) is 5.92 Å². The zero-order chi connectivity index (χ0) is 15.9. The van der Waals surface area contributed by atoms with E-state index < -0.39 is 12.0 Å². The van der Waals surface area contributed by atoms with Gasteiger partial charge in [0.2, 0.25) is 5.91 Å². The molecule has 22 heavy (non-hydrogen) atoms. The molecule has 0 spiro atoms. The maximum Gasteiger partial charge on any atom is 0.326 e. The third-order valence-corrected chi connectivity index (χ3v) is 4.44. The molecule has 2 rings (SSSR count). The van der Waals surface area contributed by atoms with E-state index >= 15 is 0 Å². The van der Waals surface area contributed by atoms with E-state index in [2.05, 4.69) is 12.1 Å². The molecule has 0 saturated carbocycles. The first-order valence-electron chi connectivity index (χ1n) is 8.17. The number of likely N-dealkylation sites (tertiary alicyclic amines) is 1. The molecule has 0 aromatic heterocycles. The number of carbonyl (C=O) groups excluding carboxylic acids is 1. The molecule has 0 aliphatic carbocycles. The number of amides is 1. The van der Waals surface area contributed by atoms with Crippen molar-refractivity contribution in [3.8, 4) is 0 Å². The zero-order valence-electron chi connectivity index (χ0n) is 13.2. The lowest BCUT2D eigenvalue weighted by Crippen LogP contribution is -2.49. The highest BCUT2D eigenvalue weighted by Gasteiger charge is 2.33. The summed E-state index contributed by atoms with van der Waals surface area (Å²) in [5.74, 6) is -0.978. The van der Waals surface area contributed by atoms with E-state index in [1.54, 1.807) is 4.90 Å². The quantitative estimate of drug-likeness (QED) is 0.878. The number of aryl methyl sites for hydroxylation is 1. The number of aliphatic carboxylic acids is 1. The van der Waals surface area contributed by atoms with E-state index in [4.69, 9.17) is 0 Å². The third kappa shape index (κ3) is 4.33. The van der Waals surface area contributed by atoms with Gasteiger partial charge in [-0.25, -0.2) is 4.79 Å². The van der Waals surface area contributed by atoms with Gasteiger partial charge >= 0.3 is 5.97 Å². The molecule has 1 aliphatic rings. The fraction of sp³-hybridized carbons (Fsp3) is 0.556. The Morgan fingerprint density at radius 3 is 2.68 bits per heavy atom. The Morgan fingerprint density at radius 2 is 2.00 bits per heavy atom. The summed E-state index contributed by atoms with van der Waals surface area (Å²) in [6.45, 7) is 2.50. The van der Waals surface area contributed by atoms with E-state index in [-0.39, 0.29) is 11.8 Å². The number of hydrogen-bond acceptors (Lipinski definition) is 2. The van der Waals surface area contributed by atoms with Crippen LogP contribution in [0.5, 0.6) is 0 Å². The minimum atomic E-state index is -0.871. The molecule has 120 valence electrons. The number of carboxylic acid groups (broad SMARTS) is 1. The van der Waals surface area contributed by atoms with Gasteiger partial charge in [-0.2, -0.15) is 0 Å². The molecular weight excluding hydrogens is 278 g/mol. The Balaban J connectivity index is 1.84. The molecule has 1 N–H and O–H groups in total. The molecule has 1 aromatic carbocycles. The van der Waals surface area contributed by atoms with E-state index in [0.29, 0.717) is 13.0 Å². The van der Waals surface area contributed by atoms with E-state index in [9.17, 15) is 14.7 Å². The van der Waals surface area contributed by atoms with Crippen LogP contribution in [0.15, 0.2) is 30.3 Å². The van der Waals surface area contributed by atoms with Crippen molar-refractivity contribution >= 4 is 11.9 Å². The predicted molar refractivity (Wildman–Crippen MR) is 85.5 cm³/mol. The van der Waals surface area contributed by atoms with Crippen LogP contribution in [0.25, 0.3) is 0 Å². The van der Waals surface area contributed by atoms with Crippen molar-refractivity contribution in [2.75, 3.05) is 6.54 Å². The fourth-order valence-electron chi connectivity index (χ4n) is 3.12. The second kappa shape index (κ2) is 7.97. The summed E-state index contributed by atoms with van der Waals surface area (Å²) in [6.07, 6.45) is 5.09. The maximum absolute atomic E-state index is 12.5. The van der Waals surface area contributed by atoms with Crippen LogP contribution in [0, 0.1) is 5.92 Å². The van der Waals surface area contributed by atoms with Crippen LogP contribution in [0.4, 0.5) is 0 Å². The third-order valence-electron chi connectivity index (χ3n) is 4.44.